The lowest BCUT2D eigenvalue weighted by molar-refractivity contribution is 0.0742. The number of ether oxygens (including phenoxy) is 1. The topological polar surface area (TPSA) is 49.9 Å². The fourth-order valence-electron chi connectivity index (χ4n) is 3.84. The van der Waals surface area contributed by atoms with E-state index in [0.29, 0.717) is 47.9 Å². The van der Waals surface area contributed by atoms with Gasteiger partial charge in [0, 0.05) is 42.3 Å². The first kappa shape index (κ1) is 20.9. The zero-order valence-electron chi connectivity index (χ0n) is 17.3. The first-order valence-corrected chi connectivity index (χ1v) is 10.5. The van der Waals surface area contributed by atoms with Crippen LogP contribution in [0.2, 0.25) is 5.02 Å². The molecule has 0 aromatic heterocycles. The minimum Gasteiger partial charge on any atom is -0.495 e. The summed E-state index contributed by atoms with van der Waals surface area (Å²) in [5, 5.41) is 0.564. The van der Waals surface area contributed by atoms with Crippen molar-refractivity contribution in [2.75, 3.05) is 38.2 Å². The molecule has 1 saturated heterocycles. The average Bonchev–Trinajstić information content (AvgIpc) is 2.83. The Morgan fingerprint density at radius 2 is 1.42 bits per heavy atom. The number of ketones is 1. The van der Waals surface area contributed by atoms with Crippen LogP contribution in [0.1, 0.15) is 26.3 Å². The largest absolute Gasteiger partial charge is 0.495 e. The Balaban J connectivity index is 1.51. The van der Waals surface area contributed by atoms with Crippen molar-refractivity contribution in [1.82, 2.24) is 4.90 Å². The zero-order chi connectivity index (χ0) is 21.8. The molecule has 0 unspecified atom stereocenters. The highest BCUT2D eigenvalue weighted by Gasteiger charge is 2.26. The monoisotopic (exact) mass is 434 g/mol. The maximum atomic E-state index is 13.3. The van der Waals surface area contributed by atoms with Gasteiger partial charge in [-0.2, -0.15) is 0 Å². The van der Waals surface area contributed by atoms with Gasteiger partial charge in [0.25, 0.3) is 5.91 Å². The number of carbonyl (C=O) groups excluding carboxylic acids is 2. The lowest BCUT2D eigenvalue weighted by Gasteiger charge is -2.36. The summed E-state index contributed by atoms with van der Waals surface area (Å²) in [5.74, 6) is 0.507. The molecule has 1 aliphatic rings. The third kappa shape index (κ3) is 4.42. The standard InChI is InChI=1S/C25H23ClN2O3/c1-31-23-9-5-4-8-22(23)27-14-16-28(17-15-27)25(30)21-7-3-2-6-20(21)24(29)18-10-12-19(26)13-11-18/h2-13H,14-17H2,1H3. The highest BCUT2D eigenvalue weighted by atomic mass is 35.5. The molecule has 0 N–H and O–H groups in total. The number of piperazine rings is 1. The molecule has 0 radical (unpaired) electrons. The van der Waals surface area contributed by atoms with E-state index in [4.69, 9.17) is 16.3 Å². The first-order valence-electron chi connectivity index (χ1n) is 10.1. The van der Waals surface area contributed by atoms with E-state index in [2.05, 4.69) is 4.90 Å². The summed E-state index contributed by atoms with van der Waals surface area (Å²) < 4.78 is 5.47. The van der Waals surface area contributed by atoms with Gasteiger partial charge in [-0.15, -0.1) is 0 Å². The predicted molar refractivity (Wildman–Crippen MR) is 122 cm³/mol. The lowest BCUT2D eigenvalue weighted by atomic mass is 9.97. The van der Waals surface area contributed by atoms with E-state index < -0.39 is 0 Å². The normalized spacial score (nSPS) is 13.7. The van der Waals surface area contributed by atoms with E-state index in [1.54, 1.807) is 60.5 Å². The highest BCUT2D eigenvalue weighted by molar-refractivity contribution is 6.30. The third-order valence-corrected chi connectivity index (χ3v) is 5.75. The van der Waals surface area contributed by atoms with Gasteiger partial charge in [0.15, 0.2) is 5.78 Å². The van der Waals surface area contributed by atoms with Gasteiger partial charge in [-0.3, -0.25) is 9.59 Å². The summed E-state index contributed by atoms with van der Waals surface area (Å²) in [6.45, 7) is 2.53. The number of methoxy groups -OCH3 is 1. The number of benzene rings is 3. The highest BCUT2D eigenvalue weighted by Crippen LogP contribution is 2.28. The Bertz CT molecular complexity index is 1090. The Morgan fingerprint density at radius 3 is 2.10 bits per heavy atom. The van der Waals surface area contributed by atoms with E-state index in [9.17, 15) is 9.59 Å². The molecule has 0 bridgehead atoms. The third-order valence-electron chi connectivity index (χ3n) is 5.50. The molecule has 5 nitrogen and oxygen atoms in total. The molecule has 31 heavy (non-hydrogen) atoms. The number of para-hydroxylation sites is 2. The number of rotatable bonds is 5. The maximum Gasteiger partial charge on any atom is 0.254 e. The van der Waals surface area contributed by atoms with Gasteiger partial charge in [-0.05, 0) is 42.5 Å². The van der Waals surface area contributed by atoms with Crippen molar-refractivity contribution in [1.29, 1.82) is 0 Å². The number of hydrogen-bond acceptors (Lipinski definition) is 4. The molecule has 1 fully saturated rings. The molecule has 0 spiro atoms. The average molecular weight is 435 g/mol. The Labute approximate surface area is 186 Å². The molecule has 4 rings (SSSR count). The molecule has 1 amide bonds. The number of anilines is 1. The van der Waals surface area contributed by atoms with E-state index in [1.807, 2.05) is 24.3 Å². The van der Waals surface area contributed by atoms with Crippen LogP contribution in [0, 0.1) is 0 Å². The van der Waals surface area contributed by atoms with Crippen molar-refractivity contribution in [3.8, 4) is 5.75 Å². The van der Waals surface area contributed by atoms with Crippen LogP contribution in [0.25, 0.3) is 0 Å². The molecule has 3 aromatic rings. The van der Waals surface area contributed by atoms with Crippen molar-refractivity contribution >= 4 is 29.0 Å². The Hall–Kier alpha value is -3.31. The van der Waals surface area contributed by atoms with Gasteiger partial charge in [0.05, 0.1) is 18.4 Å². The van der Waals surface area contributed by atoms with Crippen molar-refractivity contribution in [3.05, 3.63) is 94.5 Å². The second-order valence-electron chi connectivity index (χ2n) is 7.33. The number of carbonyl (C=O) groups is 2. The number of hydrogen-bond donors (Lipinski definition) is 0. The van der Waals surface area contributed by atoms with Gasteiger partial charge in [-0.25, -0.2) is 0 Å². The summed E-state index contributed by atoms with van der Waals surface area (Å²) in [5.41, 5.74) is 2.36. The number of nitrogens with zero attached hydrogens (tertiary/aromatic N) is 2. The molecule has 0 aliphatic carbocycles. The molecule has 0 atom stereocenters. The smallest absolute Gasteiger partial charge is 0.254 e. The van der Waals surface area contributed by atoms with Crippen LogP contribution < -0.4 is 9.64 Å². The van der Waals surface area contributed by atoms with Crippen molar-refractivity contribution < 1.29 is 14.3 Å². The molecule has 1 heterocycles. The Kier molecular flexibility index (Phi) is 6.23. The second-order valence-corrected chi connectivity index (χ2v) is 7.77. The summed E-state index contributed by atoms with van der Waals surface area (Å²) >= 11 is 5.94. The lowest BCUT2D eigenvalue weighted by Crippen LogP contribution is -2.49. The minimum atomic E-state index is -0.187. The quantitative estimate of drug-likeness (QED) is 0.553. The molecule has 1 aliphatic heterocycles. The van der Waals surface area contributed by atoms with Crippen molar-refractivity contribution in [3.63, 3.8) is 0 Å². The molecule has 0 saturated carbocycles. The van der Waals surface area contributed by atoms with E-state index in [1.165, 1.54) is 0 Å². The summed E-state index contributed by atoms with van der Waals surface area (Å²) in [6, 6.07) is 21.6. The second kappa shape index (κ2) is 9.23. The van der Waals surface area contributed by atoms with Gasteiger partial charge in [0.2, 0.25) is 0 Å². The summed E-state index contributed by atoms with van der Waals surface area (Å²) in [7, 11) is 1.66. The van der Waals surface area contributed by atoms with Crippen LogP contribution in [0.15, 0.2) is 72.8 Å². The fraction of sp³-hybridized carbons (Fsp3) is 0.200. The van der Waals surface area contributed by atoms with Crippen LogP contribution in [-0.4, -0.2) is 49.9 Å². The van der Waals surface area contributed by atoms with Crippen LogP contribution in [0.5, 0.6) is 5.75 Å². The maximum absolute atomic E-state index is 13.3. The van der Waals surface area contributed by atoms with Crippen LogP contribution in [0.4, 0.5) is 5.69 Å². The van der Waals surface area contributed by atoms with E-state index >= 15 is 0 Å². The van der Waals surface area contributed by atoms with Crippen LogP contribution in [-0.2, 0) is 0 Å². The number of amides is 1. The fourth-order valence-corrected chi connectivity index (χ4v) is 3.96. The summed E-state index contributed by atoms with van der Waals surface area (Å²) in [6.07, 6.45) is 0. The molecular weight excluding hydrogens is 412 g/mol. The summed E-state index contributed by atoms with van der Waals surface area (Å²) in [4.78, 5) is 30.3. The van der Waals surface area contributed by atoms with E-state index in [-0.39, 0.29) is 11.7 Å². The number of halogens is 1. The van der Waals surface area contributed by atoms with E-state index in [0.717, 1.165) is 11.4 Å². The molecule has 6 heteroatoms. The Morgan fingerprint density at radius 1 is 0.806 bits per heavy atom. The van der Waals surface area contributed by atoms with Gasteiger partial charge in [0.1, 0.15) is 5.75 Å². The molecular formula is C25H23ClN2O3. The van der Waals surface area contributed by atoms with Crippen molar-refractivity contribution in [2.45, 2.75) is 0 Å². The zero-order valence-corrected chi connectivity index (χ0v) is 18.0. The van der Waals surface area contributed by atoms with Gasteiger partial charge >= 0.3 is 0 Å². The van der Waals surface area contributed by atoms with Crippen molar-refractivity contribution in [2.24, 2.45) is 0 Å². The molecule has 3 aromatic carbocycles. The SMILES string of the molecule is COc1ccccc1N1CCN(C(=O)c2ccccc2C(=O)c2ccc(Cl)cc2)CC1. The van der Waals surface area contributed by atoms with Crippen LogP contribution in [0.3, 0.4) is 0 Å². The molecule has 158 valence electrons. The van der Waals surface area contributed by atoms with Gasteiger partial charge < -0.3 is 14.5 Å². The minimum absolute atomic E-state index is 0.127. The predicted octanol–water partition coefficient (Wildman–Crippen LogP) is 4.54. The first-order chi connectivity index (χ1) is 15.1. The van der Waals surface area contributed by atoms with Crippen LogP contribution >= 0.6 is 11.6 Å². The van der Waals surface area contributed by atoms with Gasteiger partial charge in [-0.1, -0.05) is 41.9 Å².